The Morgan fingerprint density at radius 3 is 2.66 bits per heavy atom. The summed E-state index contributed by atoms with van der Waals surface area (Å²) in [6.45, 7) is 9.15. The van der Waals surface area contributed by atoms with Crippen molar-refractivity contribution in [3.63, 3.8) is 0 Å². The monoisotopic (exact) mass is 583 g/mol. The second kappa shape index (κ2) is 10.4. The number of nitrogens with one attached hydrogen (secondary N) is 2. The van der Waals surface area contributed by atoms with Gasteiger partial charge in [0.15, 0.2) is 0 Å². The van der Waals surface area contributed by atoms with Gasteiger partial charge < -0.3 is 10.2 Å². The van der Waals surface area contributed by atoms with Gasteiger partial charge in [-0.05, 0) is 62.4 Å². The van der Waals surface area contributed by atoms with Gasteiger partial charge in [0.2, 0.25) is 5.91 Å². The third-order valence-electron chi connectivity index (χ3n) is 8.22. The van der Waals surface area contributed by atoms with Crippen molar-refractivity contribution in [2.24, 2.45) is 0 Å². The van der Waals surface area contributed by atoms with Gasteiger partial charge in [-0.1, -0.05) is 6.07 Å². The van der Waals surface area contributed by atoms with Crippen LogP contribution in [0.4, 0.5) is 24.7 Å². The van der Waals surface area contributed by atoms with Gasteiger partial charge in [0.1, 0.15) is 17.0 Å². The molecule has 0 spiro atoms. The third kappa shape index (κ3) is 5.42. The number of alkyl halides is 3. The Balaban J connectivity index is 1.12. The van der Waals surface area contributed by atoms with E-state index in [1.807, 2.05) is 24.9 Å². The van der Waals surface area contributed by atoms with E-state index in [1.54, 1.807) is 12.3 Å². The minimum Gasteiger partial charge on any atom is -0.367 e. The lowest BCUT2D eigenvalue weighted by Crippen LogP contribution is -2.39. The zero-order valence-corrected chi connectivity index (χ0v) is 24.0. The van der Waals surface area contributed by atoms with Crippen molar-refractivity contribution < 1.29 is 18.0 Å². The standard InChI is InChI=1S/C29H32F3N7OS/c1-17-19(4-5-23-24(17)28(2,3)27(40)39(23)14-18-12-35-36-13-18)15-38-8-6-20(7-9-38)37-25-22-10-21(11-29(30,31)32)41-26(22)34-16-33-25/h4-5,10,12-13,16,20H,6-9,11,14-15H2,1-3H3,(H,35,36)(H,33,34,37). The Hall–Kier alpha value is -3.51. The van der Waals surface area contributed by atoms with Crippen LogP contribution in [0.3, 0.4) is 0 Å². The smallest absolute Gasteiger partial charge is 0.367 e. The molecule has 1 amide bonds. The van der Waals surface area contributed by atoms with Crippen molar-refractivity contribution in [3.05, 3.63) is 64.1 Å². The van der Waals surface area contributed by atoms with E-state index in [0.717, 1.165) is 66.2 Å². The number of halogens is 3. The van der Waals surface area contributed by atoms with Crippen molar-refractivity contribution in [1.29, 1.82) is 0 Å². The molecule has 2 N–H and O–H groups in total. The lowest BCUT2D eigenvalue weighted by molar-refractivity contribution is -0.126. The summed E-state index contributed by atoms with van der Waals surface area (Å²) in [6.07, 6.45) is 1.54. The molecule has 6 rings (SSSR count). The summed E-state index contributed by atoms with van der Waals surface area (Å²) in [5.74, 6) is 0.690. The number of hydrogen-bond acceptors (Lipinski definition) is 7. The van der Waals surface area contributed by atoms with Gasteiger partial charge >= 0.3 is 6.18 Å². The second-order valence-corrected chi connectivity index (χ2v) is 12.6. The van der Waals surface area contributed by atoms with Crippen LogP contribution in [0.15, 0.2) is 36.9 Å². The third-order valence-corrected chi connectivity index (χ3v) is 9.27. The molecule has 0 saturated carbocycles. The molecule has 1 aromatic carbocycles. The largest absolute Gasteiger partial charge is 0.393 e. The first-order valence-electron chi connectivity index (χ1n) is 13.7. The van der Waals surface area contributed by atoms with Crippen LogP contribution in [0.25, 0.3) is 10.2 Å². The van der Waals surface area contributed by atoms with Gasteiger partial charge in [-0.25, -0.2) is 9.97 Å². The molecule has 12 heteroatoms. The van der Waals surface area contributed by atoms with E-state index in [9.17, 15) is 18.0 Å². The molecule has 8 nitrogen and oxygen atoms in total. The minimum atomic E-state index is -4.25. The number of hydrogen-bond donors (Lipinski definition) is 2. The topological polar surface area (TPSA) is 90.0 Å². The fourth-order valence-corrected chi connectivity index (χ4v) is 7.18. The van der Waals surface area contributed by atoms with Crippen LogP contribution >= 0.6 is 11.3 Å². The number of carbonyl (C=O) groups is 1. The van der Waals surface area contributed by atoms with E-state index in [0.29, 0.717) is 22.6 Å². The van der Waals surface area contributed by atoms with Crippen LogP contribution < -0.4 is 10.2 Å². The van der Waals surface area contributed by atoms with Crippen LogP contribution in [-0.2, 0) is 29.7 Å². The van der Waals surface area contributed by atoms with E-state index < -0.39 is 18.0 Å². The minimum absolute atomic E-state index is 0.0933. The Labute approximate surface area is 240 Å². The number of anilines is 2. The predicted molar refractivity (Wildman–Crippen MR) is 153 cm³/mol. The SMILES string of the molecule is Cc1c(CN2CCC(Nc3ncnc4sc(CC(F)(F)F)cc34)CC2)ccc2c1C(C)(C)C(=O)N2Cc1cn[nH]c1. The molecule has 0 atom stereocenters. The maximum atomic E-state index is 13.4. The fourth-order valence-electron chi connectivity index (χ4n) is 6.16. The van der Waals surface area contributed by atoms with Gasteiger partial charge in [0.05, 0.1) is 30.0 Å². The first-order chi connectivity index (χ1) is 19.5. The molecule has 0 bridgehead atoms. The molecule has 0 aliphatic carbocycles. The van der Waals surface area contributed by atoms with Crippen molar-refractivity contribution in [2.75, 3.05) is 23.3 Å². The van der Waals surface area contributed by atoms with E-state index in [4.69, 9.17) is 0 Å². The van der Waals surface area contributed by atoms with Crippen molar-refractivity contribution in [3.8, 4) is 0 Å². The highest BCUT2D eigenvalue weighted by Gasteiger charge is 2.45. The van der Waals surface area contributed by atoms with Gasteiger partial charge in [0.25, 0.3) is 0 Å². The predicted octanol–water partition coefficient (Wildman–Crippen LogP) is 5.73. The lowest BCUT2D eigenvalue weighted by atomic mass is 9.82. The molecule has 41 heavy (non-hydrogen) atoms. The fraction of sp³-hybridized carbons (Fsp3) is 0.448. The summed E-state index contributed by atoms with van der Waals surface area (Å²) < 4.78 is 38.7. The highest BCUT2D eigenvalue weighted by Crippen LogP contribution is 2.45. The van der Waals surface area contributed by atoms with Crippen molar-refractivity contribution in [2.45, 2.75) is 70.8 Å². The Bertz CT molecular complexity index is 1570. The number of thiophene rings is 1. The van der Waals surface area contributed by atoms with E-state index >= 15 is 0 Å². The van der Waals surface area contributed by atoms with Gasteiger partial charge in [0, 0.05) is 48.0 Å². The summed E-state index contributed by atoms with van der Waals surface area (Å²) in [7, 11) is 0. The summed E-state index contributed by atoms with van der Waals surface area (Å²) in [5, 5.41) is 10.9. The number of nitrogens with zero attached hydrogens (tertiary/aromatic N) is 5. The van der Waals surface area contributed by atoms with Crippen molar-refractivity contribution in [1.82, 2.24) is 25.1 Å². The number of rotatable bonds is 7. The first-order valence-corrected chi connectivity index (χ1v) is 14.5. The normalized spacial score (nSPS) is 17.9. The Morgan fingerprint density at radius 2 is 1.95 bits per heavy atom. The molecule has 1 saturated heterocycles. The number of piperidine rings is 1. The molecule has 0 unspecified atom stereocenters. The Morgan fingerprint density at radius 1 is 1.17 bits per heavy atom. The highest BCUT2D eigenvalue weighted by atomic mass is 32.1. The average Bonchev–Trinajstić information content (AvgIpc) is 3.61. The van der Waals surface area contributed by atoms with Gasteiger partial charge in [-0.2, -0.15) is 18.3 Å². The van der Waals surface area contributed by atoms with Crippen molar-refractivity contribution >= 4 is 39.0 Å². The average molecular weight is 584 g/mol. The number of likely N-dealkylation sites (tertiary alicyclic amines) is 1. The van der Waals surface area contributed by atoms with Crippen LogP contribution in [0.1, 0.15) is 53.8 Å². The molecule has 5 heterocycles. The zero-order valence-electron chi connectivity index (χ0n) is 23.2. The molecule has 2 aliphatic rings. The molecule has 216 valence electrons. The number of aromatic amines is 1. The number of amides is 1. The molecule has 2 aliphatic heterocycles. The summed E-state index contributed by atoms with van der Waals surface area (Å²) in [5.41, 5.74) is 4.78. The van der Waals surface area contributed by atoms with Crippen LogP contribution in [-0.4, -0.2) is 56.3 Å². The molecular weight excluding hydrogens is 551 g/mol. The van der Waals surface area contributed by atoms with E-state index in [-0.39, 0.29) is 16.8 Å². The maximum Gasteiger partial charge on any atom is 0.393 e. The maximum absolute atomic E-state index is 13.4. The van der Waals surface area contributed by atoms with Gasteiger partial charge in [-0.3, -0.25) is 14.8 Å². The molecule has 1 fully saturated rings. The number of H-pyrrole nitrogens is 1. The lowest BCUT2D eigenvalue weighted by Gasteiger charge is -2.33. The van der Waals surface area contributed by atoms with E-state index in [2.05, 4.69) is 49.4 Å². The van der Waals surface area contributed by atoms with Gasteiger partial charge in [-0.15, -0.1) is 11.3 Å². The summed E-state index contributed by atoms with van der Waals surface area (Å²) >= 11 is 1.06. The highest BCUT2D eigenvalue weighted by molar-refractivity contribution is 7.18. The van der Waals surface area contributed by atoms with Crippen LogP contribution in [0.2, 0.25) is 0 Å². The van der Waals surface area contributed by atoms with Crippen LogP contribution in [0.5, 0.6) is 0 Å². The van der Waals surface area contributed by atoms with E-state index in [1.165, 1.54) is 11.9 Å². The number of aromatic nitrogens is 4. The number of benzene rings is 1. The summed E-state index contributed by atoms with van der Waals surface area (Å²) in [6, 6.07) is 5.95. The molecular formula is C29H32F3N7OS. The second-order valence-electron chi connectivity index (χ2n) is 11.5. The Kier molecular flexibility index (Phi) is 7.01. The molecule has 4 aromatic rings. The molecule has 3 aromatic heterocycles. The first kappa shape index (κ1) is 27.6. The summed E-state index contributed by atoms with van der Waals surface area (Å²) in [4.78, 5) is 27.0. The number of carbonyl (C=O) groups excluding carboxylic acids is 1. The molecule has 0 radical (unpaired) electrons. The van der Waals surface area contributed by atoms with Crippen LogP contribution in [0, 0.1) is 6.92 Å². The zero-order chi connectivity index (χ0) is 28.9. The number of fused-ring (bicyclic) bond motifs is 2. The quantitative estimate of drug-likeness (QED) is 0.289.